The molecule has 0 aliphatic carbocycles. The summed E-state index contributed by atoms with van der Waals surface area (Å²) in [7, 11) is 0. The highest BCUT2D eigenvalue weighted by molar-refractivity contribution is 6.33. The topological polar surface area (TPSA) is 81.4 Å². The van der Waals surface area contributed by atoms with Gasteiger partial charge in [-0.05, 0) is 31.0 Å². The molecule has 0 saturated carbocycles. The molecule has 1 aromatic carbocycles. The molecule has 0 fully saturated rings. The molecule has 7 nitrogen and oxygen atoms in total. The van der Waals surface area contributed by atoms with Crippen LogP contribution in [-0.4, -0.2) is 38.9 Å². The maximum Gasteiger partial charge on any atom is 0.231 e. The maximum absolute atomic E-state index is 12.3. The molecule has 1 N–H and O–H groups in total. The van der Waals surface area contributed by atoms with Gasteiger partial charge in [-0.2, -0.15) is 4.52 Å². The standard InChI is InChI=1S/C21H26ClN5O2/c1-3-7-15(8-4-2)21(28)23-13-14-29-19-12-11-18-24-25-20(27(18)26-19)16-9-5-6-10-17(16)22/h5-6,9-12,15H,3-4,7-8,13-14H2,1-2H3,(H,23,28). The Morgan fingerprint density at radius 3 is 2.62 bits per heavy atom. The summed E-state index contributed by atoms with van der Waals surface area (Å²) in [5.41, 5.74) is 1.35. The fraction of sp³-hybridized carbons (Fsp3) is 0.429. The van der Waals surface area contributed by atoms with Gasteiger partial charge in [0.2, 0.25) is 11.8 Å². The highest BCUT2D eigenvalue weighted by Crippen LogP contribution is 2.26. The first-order valence-corrected chi connectivity index (χ1v) is 10.4. The first-order valence-electron chi connectivity index (χ1n) is 10.0. The van der Waals surface area contributed by atoms with Crippen LogP contribution in [0.25, 0.3) is 17.0 Å². The van der Waals surface area contributed by atoms with Crippen LogP contribution >= 0.6 is 11.6 Å². The highest BCUT2D eigenvalue weighted by atomic mass is 35.5. The van der Waals surface area contributed by atoms with Gasteiger partial charge in [0.05, 0.1) is 11.6 Å². The zero-order valence-corrected chi connectivity index (χ0v) is 17.5. The Bertz CT molecular complexity index is 953. The Morgan fingerprint density at radius 2 is 1.90 bits per heavy atom. The summed E-state index contributed by atoms with van der Waals surface area (Å²) in [5, 5.41) is 16.3. The SMILES string of the molecule is CCCC(CCC)C(=O)NCCOc1ccc2nnc(-c3ccccc3Cl)n2n1. The molecular weight excluding hydrogens is 390 g/mol. The monoisotopic (exact) mass is 415 g/mol. The molecule has 0 radical (unpaired) electrons. The Labute approximate surface area is 175 Å². The van der Waals surface area contributed by atoms with Gasteiger partial charge in [-0.25, -0.2) is 0 Å². The van der Waals surface area contributed by atoms with Gasteiger partial charge in [-0.3, -0.25) is 4.79 Å². The quantitative estimate of drug-likeness (QED) is 0.503. The third-order valence-electron chi connectivity index (χ3n) is 4.65. The van der Waals surface area contributed by atoms with Gasteiger partial charge >= 0.3 is 0 Å². The van der Waals surface area contributed by atoms with Crippen LogP contribution in [0.2, 0.25) is 5.02 Å². The molecule has 0 unspecified atom stereocenters. The van der Waals surface area contributed by atoms with Crippen LogP contribution in [-0.2, 0) is 4.79 Å². The molecule has 0 bridgehead atoms. The van der Waals surface area contributed by atoms with E-state index < -0.39 is 0 Å². The van der Waals surface area contributed by atoms with Crippen molar-refractivity contribution in [1.29, 1.82) is 0 Å². The fourth-order valence-corrected chi connectivity index (χ4v) is 3.46. The number of nitrogens with one attached hydrogen (secondary N) is 1. The number of nitrogens with zero attached hydrogens (tertiary/aromatic N) is 4. The molecule has 0 aliphatic rings. The van der Waals surface area contributed by atoms with Crippen molar-refractivity contribution < 1.29 is 9.53 Å². The maximum atomic E-state index is 12.3. The molecule has 154 valence electrons. The van der Waals surface area contributed by atoms with Gasteiger partial charge in [-0.15, -0.1) is 15.3 Å². The predicted molar refractivity (Wildman–Crippen MR) is 113 cm³/mol. The van der Waals surface area contributed by atoms with E-state index >= 15 is 0 Å². The smallest absolute Gasteiger partial charge is 0.231 e. The Balaban J connectivity index is 1.62. The number of hydrogen-bond donors (Lipinski definition) is 1. The third kappa shape index (κ3) is 5.23. The summed E-state index contributed by atoms with van der Waals surface area (Å²) in [4.78, 5) is 12.3. The van der Waals surface area contributed by atoms with E-state index in [0.29, 0.717) is 35.5 Å². The van der Waals surface area contributed by atoms with Gasteiger partial charge in [0.1, 0.15) is 6.61 Å². The normalized spacial score (nSPS) is 11.2. The van der Waals surface area contributed by atoms with Crippen molar-refractivity contribution in [3.63, 3.8) is 0 Å². The number of halogens is 1. The second-order valence-corrected chi connectivity index (χ2v) is 7.27. The second-order valence-electron chi connectivity index (χ2n) is 6.86. The Kier molecular flexibility index (Phi) is 7.41. The fourth-order valence-electron chi connectivity index (χ4n) is 3.24. The van der Waals surface area contributed by atoms with E-state index in [-0.39, 0.29) is 11.8 Å². The number of ether oxygens (including phenoxy) is 1. The number of aromatic nitrogens is 4. The highest BCUT2D eigenvalue weighted by Gasteiger charge is 2.16. The lowest BCUT2D eigenvalue weighted by Crippen LogP contribution is -2.33. The molecule has 3 rings (SSSR count). The average molecular weight is 416 g/mol. The number of benzene rings is 1. The lowest BCUT2D eigenvalue weighted by molar-refractivity contribution is -0.125. The van der Waals surface area contributed by atoms with E-state index in [1.54, 1.807) is 22.7 Å². The van der Waals surface area contributed by atoms with E-state index in [1.165, 1.54) is 0 Å². The summed E-state index contributed by atoms with van der Waals surface area (Å²) < 4.78 is 7.32. The lowest BCUT2D eigenvalue weighted by Gasteiger charge is -2.15. The number of hydrogen-bond acceptors (Lipinski definition) is 5. The molecule has 29 heavy (non-hydrogen) atoms. The van der Waals surface area contributed by atoms with Crippen molar-refractivity contribution >= 4 is 23.2 Å². The Morgan fingerprint density at radius 1 is 1.14 bits per heavy atom. The van der Waals surface area contributed by atoms with Crippen molar-refractivity contribution in [2.45, 2.75) is 39.5 Å². The number of rotatable bonds is 10. The summed E-state index contributed by atoms with van der Waals surface area (Å²) in [5.74, 6) is 1.15. The van der Waals surface area contributed by atoms with E-state index in [2.05, 4.69) is 34.5 Å². The number of fused-ring (bicyclic) bond motifs is 1. The minimum Gasteiger partial charge on any atom is -0.475 e. The molecule has 3 aromatic rings. The minimum atomic E-state index is 0.0784. The van der Waals surface area contributed by atoms with Crippen LogP contribution in [0.1, 0.15) is 39.5 Å². The largest absolute Gasteiger partial charge is 0.475 e. The van der Waals surface area contributed by atoms with E-state index in [4.69, 9.17) is 16.3 Å². The molecular formula is C21H26ClN5O2. The van der Waals surface area contributed by atoms with Crippen LogP contribution in [0.5, 0.6) is 5.88 Å². The molecule has 0 aliphatic heterocycles. The van der Waals surface area contributed by atoms with Crippen LogP contribution < -0.4 is 10.1 Å². The van der Waals surface area contributed by atoms with Gasteiger partial charge < -0.3 is 10.1 Å². The molecule has 8 heteroatoms. The molecule has 0 spiro atoms. The van der Waals surface area contributed by atoms with Crippen LogP contribution in [0.3, 0.4) is 0 Å². The number of carbonyl (C=O) groups is 1. The lowest BCUT2D eigenvalue weighted by atomic mass is 9.97. The third-order valence-corrected chi connectivity index (χ3v) is 4.98. The van der Waals surface area contributed by atoms with Crippen LogP contribution in [0.4, 0.5) is 0 Å². The Hall–Kier alpha value is -2.67. The van der Waals surface area contributed by atoms with Gasteiger partial charge in [0.15, 0.2) is 11.5 Å². The van der Waals surface area contributed by atoms with Gasteiger partial charge in [-0.1, -0.05) is 50.4 Å². The van der Waals surface area contributed by atoms with Crippen molar-refractivity contribution in [1.82, 2.24) is 25.1 Å². The molecule has 2 heterocycles. The van der Waals surface area contributed by atoms with Crippen LogP contribution in [0, 0.1) is 5.92 Å². The summed E-state index contributed by atoms with van der Waals surface area (Å²) in [6.45, 7) is 4.96. The minimum absolute atomic E-state index is 0.0784. The van der Waals surface area contributed by atoms with Crippen molar-refractivity contribution in [3.8, 4) is 17.3 Å². The van der Waals surface area contributed by atoms with E-state index in [9.17, 15) is 4.79 Å². The van der Waals surface area contributed by atoms with Gasteiger partial charge in [0.25, 0.3) is 0 Å². The van der Waals surface area contributed by atoms with E-state index in [1.807, 2.05) is 18.2 Å². The number of carbonyl (C=O) groups excluding carboxylic acids is 1. The van der Waals surface area contributed by atoms with E-state index in [0.717, 1.165) is 31.2 Å². The average Bonchev–Trinajstić information content (AvgIpc) is 3.14. The second kappa shape index (κ2) is 10.2. The molecule has 2 aromatic heterocycles. The number of amides is 1. The van der Waals surface area contributed by atoms with Crippen molar-refractivity contribution in [2.75, 3.05) is 13.2 Å². The summed E-state index contributed by atoms with van der Waals surface area (Å²) >= 11 is 6.28. The van der Waals surface area contributed by atoms with Gasteiger partial charge in [0, 0.05) is 17.5 Å². The zero-order valence-electron chi connectivity index (χ0n) is 16.8. The first kappa shape index (κ1) is 21.0. The molecule has 1 amide bonds. The predicted octanol–water partition coefficient (Wildman–Crippen LogP) is 4.16. The van der Waals surface area contributed by atoms with Crippen molar-refractivity contribution in [3.05, 3.63) is 41.4 Å². The summed E-state index contributed by atoms with van der Waals surface area (Å²) in [6.07, 6.45) is 3.84. The molecule has 0 saturated heterocycles. The van der Waals surface area contributed by atoms with Crippen molar-refractivity contribution in [2.24, 2.45) is 5.92 Å². The molecule has 0 atom stereocenters. The zero-order chi connectivity index (χ0) is 20.6. The van der Waals surface area contributed by atoms with Crippen LogP contribution in [0.15, 0.2) is 36.4 Å². The first-order chi connectivity index (χ1) is 14.1. The summed E-state index contributed by atoms with van der Waals surface area (Å²) in [6, 6.07) is 10.9.